The van der Waals surface area contributed by atoms with Crippen LogP contribution in [0.25, 0.3) is 0 Å². The maximum Gasteiger partial charge on any atom is 0.309 e. The van der Waals surface area contributed by atoms with E-state index in [-0.39, 0.29) is 38.3 Å². The summed E-state index contributed by atoms with van der Waals surface area (Å²) in [7, 11) is 1.17. The van der Waals surface area contributed by atoms with Crippen molar-refractivity contribution < 1.29 is 63.8 Å². The van der Waals surface area contributed by atoms with Gasteiger partial charge in [-0.05, 0) is 39.5 Å². The van der Waals surface area contributed by atoms with Gasteiger partial charge in [0.05, 0.1) is 26.2 Å². The zero-order valence-corrected chi connectivity index (χ0v) is 42.0. The summed E-state index contributed by atoms with van der Waals surface area (Å²) in [6, 6.07) is -3.68. The van der Waals surface area contributed by atoms with Gasteiger partial charge in [0.2, 0.25) is 23.6 Å². The Morgan fingerprint density at radius 2 is 1.24 bits per heavy atom. The van der Waals surface area contributed by atoms with Crippen LogP contribution in [0, 0.1) is 0 Å². The Kier molecular flexibility index (Phi) is 33.7. The third-order valence-electron chi connectivity index (χ3n) is 12.1. The van der Waals surface area contributed by atoms with E-state index in [0.717, 1.165) is 51.4 Å². The van der Waals surface area contributed by atoms with Crippen LogP contribution in [-0.4, -0.2) is 116 Å². The van der Waals surface area contributed by atoms with Gasteiger partial charge in [-0.2, -0.15) is 0 Å². The smallest absolute Gasteiger partial charge is 0.309 e. The normalized spacial score (nSPS) is 18.9. The van der Waals surface area contributed by atoms with E-state index in [1.165, 1.54) is 118 Å². The summed E-state index contributed by atoms with van der Waals surface area (Å²) >= 11 is 0. The zero-order chi connectivity index (χ0) is 50.7. The van der Waals surface area contributed by atoms with E-state index in [1.54, 1.807) is 0 Å². The van der Waals surface area contributed by atoms with Crippen molar-refractivity contribution in [3.63, 3.8) is 0 Å². The maximum absolute atomic E-state index is 13.4. The number of hydrogen-bond donors (Lipinski definition) is 5. The first-order valence-corrected chi connectivity index (χ1v) is 25.6. The second-order valence-electron chi connectivity index (χ2n) is 18.2. The van der Waals surface area contributed by atoms with Crippen molar-refractivity contribution in [2.75, 3.05) is 20.3 Å². The third kappa shape index (κ3) is 29.6. The van der Waals surface area contributed by atoms with Crippen molar-refractivity contribution in [3.8, 4) is 0 Å². The molecular formula is C50H90N4O13. The third-order valence-corrected chi connectivity index (χ3v) is 12.1. The number of unbranched alkanes of at least 4 members (excludes halogenated alkanes) is 20. The fourth-order valence-corrected chi connectivity index (χ4v) is 8.00. The Morgan fingerprint density at radius 3 is 1.75 bits per heavy atom. The average Bonchev–Trinajstić information content (AvgIpc) is 3.30. The van der Waals surface area contributed by atoms with E-state index in [0.29, 0.717) is 11.7 Å². The molecule has 67 heavy (non-hydrogen) atoms. The SMILES string of the molecule is [2H]N(C(=O)[C@@H](C)O[C@H]1[C@H](O)[C@@H](COC(=O)C[C@@H](CCCCCCCCCCCCC)OC(=O)CCCCCCCCCCCCC)OC[C@@H]1NC(C)=O)[C@@H](C)C(=O)N[C@@H](CCC(=O)OC)C(N)=O. The lowest BCUT2D eigenvalue weighted by Gasteiger charge is -2.41. The molecule has 0 unspecified atom stereocenters. The molecule has 0 bridgehead atoms. The van der Waals surface area contributed by atoms with E-state index < -0.39 is 90.8 Å². The van der Waals surface area contributed by atoms with E-state index in [1.807, 2.05) is 0 Å². The van der Waals surface area contributed by atoms with Crippen LogP contribution < -0.4 is 21.7 Å². The molecule has 1 fully saturated rings. The predicted molar refractivity (Wildman–Crippen MR) is 255 cm³/mol. The first-order chi connectivity index (χ1) is 32.6. The van der Waals surface area contributed by atoms with Crippen LogP contribution in [-0.2, 0) is 57.2 Å². The summed E-state index contributed by atoms with van der Waals surface area (Å²) in [6.45, 7) is 7.63. The Morgan fingerprint density at radius 1 is 0.716 bits per heavy atom. The van der Waals surface area contributed by atoms with Crippen molar-refractivity contribution in [2.24, 2.45) is 5.73 Å². The number of rotatable bonds is 40. The lowest BCUT2D eigenvalue weighted by Crippen LogP contribution is -2.62. The number of aliphatic hydroxyl groups excluding tert-OH is 1. The van der Waals surface area contributed by atoms with Gasteiger partial charge in [-0.1, -0.05) is 142 Å². The molecule has 0 radical (unpaired) electrons. The van der Waals surface area contributed by atoms with Gasteiger partial charge < -0.3 is 50.5 Å². The molecule has 388 valence electrons. The molecule has 6 N–H and O–H groups in total. The van der Waals surface area contributed by atoms with Gasteiger partial charge in [0.1, 0.15) is 49.2 Å². The van der Waals surface area contributed by atoms with Gasteiger partial charge in [-0.15, -0.1) is 0 Å². The molecule has 1 heterocycles. The summed E-state index contributed by atoms with van der Waals surface area (Å²) in [4.78, 5) is 88.2. The lowest BCUT2D eigenvalue weighted by atomic mass is 9.97. The molecule has 0 spiro atoms. The number of nitrogens with one attached hydrogen (secondary N) is 3. The predicted octanol–water partition coefficient (Wildman–Crippen LogP) is 6.70. The van der Waals surface area contributed by atoms with Crippen LogP contribution in [0.4, 0.5) is 0 Å². The van der Waals surface area contributed by atoms with Crippen molar-refractivity contribution in [1.29, 1.82) is 0 Å². The summed E-state index contributed by atoms with van der Waals surface area (Å²) in [6.07, 6.45) is 19.7. The molecular weight excluding hydrogens is 865 g/mol. The number of amides is 4. The topological polar surface area (TPSA) is 248 Å². The average molecular weight is 956 g/mol. The first-order valence-electron chi connectivity index (χ1n) is 26.1. The second-order valence-corrected chi connectivity index (χ2v) is 18.2. The lowest BCUT2D eigenvalue weighted by molar-refractivity contribution is -0.198. The highest BCUT2D eigenvalue weighted by Crippen LogP contribution is 2.22. The van der Waals surface area contributed by atoms with E-state index in [9.17, 15) is 38.7 Å². The van der Waals surface area contributed by atoms with E-state index >= 15 is 0 Å². The second kappa shape index (κ2) is 38.1. The number of nitrogens with two attached hydrogens (primary N) is 1. The minimum atomic E-state index is -1.54. The van der Waals surface area contributed by atoms with Gasteiger partial charge in [-0.3, -0.25) is 33.6 Å². The molecule has 0 aromatic heterocycles. The van der Waals surface area contributed by atoms with Crippen molar-refractivity contribution in [3.05, 3.63) is 0 Å². The van der Waals surface area contributed by atoms with Crippen molar-refractivity contribution in [2.45, 2.75) is 257 Å². The summed E-state index contributed by atoms with van der Waals surface area (Å²) in [5.74, 6) is -4.93. The van der Waals surface area contributed by atoms with Gasteiger partial charge >= 0.3 is 17.9 Å². The zero-order valence-electron chi connectivity index (χ0n) is 43.0. The number of esters is 3. The highest BCUT2D eigenvalue weighted by molar-refractivity contribution is 5.92. The maximum atomic E-state index is 13.4. The van der Waals surface area contributed by atoms with Crippen LogP contribution in [0.2, 0.25) is 1.41 Å². The van der Waals surface area contributed by atoms with E-state index in [2.05, 4.69) is 29.2 Å². The number of hydrogen-bond acceptors (Lipinski definition) is 13. The molecule has 0 aromatic carbocycles. The summed E-state index contributed by atoms with van der Waals surface area (Å²) in [5.41, 5.74) is 5.38. The molecule has 0 saturated carbocycles. The fourth-order valence-electron chi connectivity index (χ4n) is 8.00. The largest absolute Gasteiger partial charge is 0.469 e. The molecule has 0 aliphatic carbocycles. The summed E-state index contributed by atoms with van der Waals surface area (Å²) in [5, 5.41) is 16.8. The van der Waals surface area contributed by atoms with E-state index in [4.69, 9.17) is 26.1 Å². The Hall–Kier alpha value is -3.83. The Labute approximate surface area is 403 Å². The van der Waals surface area contributed by atoms with Crippen LogP contribution >= 0.6 is 0 Å². The monoisotopic (exact) mass is 956 g/mol. The number of primary amides is 1. The molecule has 1 aliphatic heterocycles. The minimum absolute atomic E-state index is 0.165. The van der Waals surface area contributed by atoms with Crippen LogP contribution in [0.15, 0.2) is 0 Å². The van der Waals surface area contributed by atoms with Crippen molar-refractivity contribution in [1.82, 2.24) is 15.9 Å². The fraction of sp³-hybridized carbons (Fsp3) is 0.860. The Balaban J connectivity index is 2.86. The van der Waals surface area contributed by atoms with Gasteiger partial charge in [0.25, 0.3) is 0 Å². The van der Waals surface area contributed by atoms with Gasteiger partial charge in [0.15, 0.2) is 1.41 Å². The number of methoxy groups -OCH3 is 1. The molecule has 0 aromatic rings. The quantitative estimate of drug-likeness (QED) is 0.0244. The highest BCUT2D eigenvalue weighted by atomic mass is 16.6. The Bertz CT molecular complexity index is 1460. The molecule has 17 heteroatoms. The molecule has 17 nitrogen and oxygen atoms in total. The molecule has 4 amide bonds. The standard InChI is InChI=1S/C50H90N4O13/c1-7-9-11-13-15-17-19-21-23-25-27-29-39(67-44(57)30-28-26-24-22-20-18-16-14-12-10-8-2)33-45(58)65-35-42-46(59)47(41(34-64-42)53-38(5)55)66-37(4)50(62)52-36(3)49(61)54-40(48(51)60)31-32-43(56)63-6/h36-37,39-42,46-47,59H,7-35H2,1-6H3,(H2,51,60)(H,52,62)(H,53,55)(H,54,61)/t36-,37+,39+,40-,41-,42+,46+,47+/m0/s1/i/hD. The van der Waals surface area contributed by atoms with Gasteiger partial charge in [0, 0.05) is 19.8 Å². The molecule has 1 saturated heterocycles. The highest BCUT2D eigenvalue weighted by Gasteiger charge is 2.43. The minimum Gasteiger partial charge on any atom is -0.469 e. The van der Waals surface area contributed by atoms with Crippen LogP contribution in [0.3, 0.4) is 0 Å². The molecule has 8 atom stereocenters. The number of ether oxygens (including phenoxy) is 5. The first kappa shape index (κ1) is 59.3. The van der Waals surface area contributed by atoms with Crippen LogP contribution in [0.5, 0.6) is 0 Å². The molecule has 1 rings (SSSR count). The van der Waals surface area contributed by atoms with Crippen LogP contribution in [0.1, 0.15) is 208 Å². The van der Waals surface area contributed by atoms with Crippen molar-refractivity contribution >= 4 is 41.5 Å². The number of aliphatic hydroxyl groups is 1. The summed E-state index contributed by atoms with van der Waals surface area (Å²) < 4.78 is 36.1. The van der Waals surface area contributed by atoms with Gasteiger partial charge in [-0.25, -0.2) is 0 Å². The number of carbonyl (C=O) groups excluding carboxylic acids is 7. The number of carbonyl (C=O) groups is 7. The molecule has 1 aliphatic rings.